The number of alkyl halides is 3. The first kappa shape index (κ1) is 26.3. The highest BCUT2D eigenvalue weighted by Gasteiger charge is 2.33. The molecule has 0 saturated carbocycles. The maximum Gasteiger partial charge on any atom is 0.418 e. The Morgan fingerprint density at radius 2 is 1.91 bits per heavy atom. The number of nitrogens with two attached hydrogens (primary N) is 1. The minimum absolute atomic E-state index is 0. The zero-order valence-corrected chi connectivity index (χ0v) is 19.5. The second-order valence-corrected chi connectivity index (χ2v) is 7.92. The van der Waals surface area contributed by atoms with Crippen LogP contribution in [0.15, 0.2) is 18.2 Å². The minimum atomic E-state index is -4.51. The number of rotatable bonds is 5. The minimum Gasteiger partial charge on any atom is -0.398 e. The third-order valence-electron chi connectivity index (χ3n) is 5.76. The van der Waals surface area contributed by atoms with Gasteiger partial charge < -0.3 is 21.3 Å². The zero-order chi connectivity index (χ0) is 21.3. The molecule has 2 aromatic rings. The number of halogens is 5. The SMILES string of the molecule is CCN[C@H]1CCN(c2nc(Nc3ccc(N)c(C(F)(F)F)c3)nc3c2CCCC3)C1.Cl.Cl. The van der Waals surface area contributed by atoms with Crippen molar-refractivity contribution in [2.75, 3.05) is 35.6 Å². The standard InChI is InChI=1S/C21H27F3N6.2ClH/c1-2-26-14-9-10-30(12-14)19-15-5-3-4-6-18(15)28-20(29-19)27-13-7-8-17(25)16(11-13)21(22,23)24;;/h7-8,11,14,26H,2-6,9-10,12,25H2,1H3,(H,27,28,29);2*1H/t14-;;/m0../s1. The number of aromatic nitrogens is 2. The fraction of sp³-hybridized carbons (Fsp3) is 0.524. The highest BCUT2D eigenvalue weighted by Crippen LogP contribution is 2.36. The molecule has 1 atom stereocenters. The highest BCUT2D eigenvalue weighted by molar-refractivity contribution is 5.85. The van der Waals surface area contributed by atoms with E-state index >= 15 is 0 Å². The molecule has 0 spiro atoms. The molecule has 32 heavy (non-hydrogen) atoms. The summed E-state index contributed by atoms with van der Waals surface area (Å²) < 4.78 is 39.6. The third-order valence-corrected chi connectivity index (χ3v) is 5.76. The zero-order valence-electron chi connectivity index (χ0n) is 17.8. The largest absolute Gasteiger partial charge is 0.418 e. The van der Waals surface area contributed by atoms with Gasteiger partial charge in [-0.25, -0.2) is 4.98 Å². The van der Waals surface area contributed by atoms with Crippen molar-refractivity contribution < 1.29 is 13.2 Å². The van der Waals surface area contributed by atoms with Crippen LogP contribution < -0.4 is 21.3 Å². The average Bonchev–Trinajstić information content (AvgIpc) is 3.17. The first-order valence-corrected chi connectivity index (χ1v) is 10.5. The van der Waals surface area contributed by atoms with Crippen molar-refractivity contribution in [3.05, 3.63) is 35.0 Å². The monoisotopic (exact) mass is 492 g/mol. The summed E-state index contributed by atoms with van der Waals surface area (Å²) in [5.41, 5.74) is 6.79. The van der Waals surface area contributed by atoms with E-state index in [0.29, 0.717) is 12.0 Å². The fourth-order valence-corrected chi connectivity index (χ4v) is 4.31. The van der Waals surface area contributed by atoms with Gasteiger partial charge in [0.05, 0.1) is 11.3 Å². The maximum absolute atomic E-state index is 13.2. The van der Waals surface area contributed by atoms with Gasteiger partial charge in [0, 0.05) is 36.1 Å². The second kappa shape index (κ2) is 10.8. The number of nitrogen functional groups attached to an aromatic ring is 1. The van der Waals surface area contributed by atoms with Gasteiger partial charge in [-0.3, -0.25) is 0 Å². The van der Waals surface area contributed by atoms with Crippen LogP contribution in [0.3, 0.4) is 0 Å². The Hall–Kier alpha value is -1.97. The normalized spacial score (nSPS) is 17.9. The Morgan fingerprint density at radius 3 is 2.62 bits per heavy atom. The Bertz CT molecular complexity index is 925. The molecule has 2 aliphatic rings. The van der Waals surface area contributed by atoms with E-state index in [1.807, 2.05) is 0 Å². The number of fused-ring (bicyclic) bond motifs is 1. The van der Waals surface area contributed by atoms with Crippen LogP contribution in [0.1, 0.15) is 43.0 Å². The molecule has 2 heterocycles. The van der Waals surface area contributed by atoms with E-state index in [1.165, 1.54) is 17.7 Å². The summed E-state index contributed by atoms with van der Waals surface area (Å²) in [6, 6.07) is 4.21. The lowest BCUT2D eigenvalue weighted by molar-refractivity contribution is -0.136. The van der Waals surface area contributed by atoms with Crippen molar-refractivity contribution in [1.82, 2.24) is 15.3 Å². The molecule has 11 heteroatoms. The van der Waals surface area contributed by atoms with Crippen LogP contribution in [-0.2, 0) is 19.0 Å². The van der Waals surface area contributed by atoms with Crippen molar-refractivity contribution >= 4 is 48.0 Å². The van der Waals surface area contributed by atoms with Gasteiger partial charge in [0.2, 0.25) is 5.95 Å². The molecule has 0 bridgehead atoms. The summed E-state index contributed by atoms with van der Waals surface area (Å²) in [7, 11) is 0. The molecule has 4 N–H and O–H groups in total. The Kier molecular flexibility index (Phi) is 8.84. The molecule has 0 unspecified atom stereocenters. The smallest absolute Gasteiger partial charge is 0.398 e. The number of nitrogens with zero attached hydrogens (tertiary/aromatic N) is 3. The van der Waals surface area contributed by atoms with E-state index in [1.54, 1.807) is 0 Å². The number of hydrogen-bond acceptors (Lipinski definition) is 6. The molecule has 178 valence electrons. The van der Waals surface area contributed by atoms with Gasteiger partial charge in [0.1, 0.15) is 5.82 Å². The number of benzene rings is 1. The van der Waals surface area contributed by atoms with E-state index in [-0.39, 0.29) is 36.2 Å². The summed E-state index contributed by atoms with van der Waals surface area (Å²) >= 11 is 0. The van der Waals surface area contributed by atoms with Crippen LogP contribution in [-0.4, -0.2) is 35.6 Å². The number of likely N-dealkylation sites (N-methyl/N-ethyl adjacent to an activating group) is 1. The summed E-state index contributed by atoms with van der Waals surface area (Å²) in [6.45, 7) is 4.79. The van der Waals surface area contributed by atoms with Crippen LogP contribution in [0, 0.1) is 0 Å². The lowest BCUT2D eigenvalue weighted by Gasteiger charge is -2.26. The first-order valence-electron chi connectivity index (χ1n) is 10.5. The molecule has 1 aromatic carbocycles. The van der Waals surface area contributed by atoms with Gasteiger partial charge in [-0.15, -0.1) is 24.8 Å². The molecule has 6 nitrogen and oxygen atoms in total. The van der Waals surface area contributed by atoms with Crippen molar-refractivity contribution in [2.24, 2.45) is 0 Å². The van der Waals surface area contributed by atoms with Crippen molar-refractivity contribution in [3.8, 4) is 0 Å². The number of nitrogens with one attached hydrogen (secondary N) is 2. The summed E-state index contributed by atoms with van der Waals surface area (Å²) in [6.07, 6.45) is 0.492. The van der Waals surface area contributed by atoms with Gasteiger partial charge >= 0.3 is 6.18 Å². The van der Waals surface area contributed by atoms with Crippen LogP contribution >= 0.6 is 24.8 Å². The molecule has 1 aliphatic carbocycles. The number of aryl methyl sites for hydroxylation is 1. The van der Waals surface area contributed by atoms with E-state index in [9.17, 15) is 13.2 Å². The van der Waals surface area contributed by atoms with E-state index in [4.69, 9.17) is 10.7 Å². The van der Waals surface area contributed by atoms with Gasteiger partial charge in [0.25, 0.3) is 0 Å². The second-order valence-electron chi connectivity index (χ2n) is 7.92. The van der Waals surface area contributed by atoms with Crippen LogP contribution in [0.5, 0.6) is 0 Å². The number of anilines is 4. The lowest BCUT2D eigenvalue weighted by Crippen LogP contribution is -2.33. The topological polar surface area (TPSA) is 79.1 Å². The average molecular weight is 493 g/mol. The number of hydrogen-bond donors (Lipinski definition) is 3. The molecule has 1 aliphatic heterocycles. The predicted molar refractivity (Wildman–Crippen MR) is 127 cm³/mol. The molecule has 1 aromatic heterocycles. The van der Waals surface area contributed by atoms with E-state index < -0.39 is 11.7 Å². The third kappa shape index (κ3) is 5.68. The summed E-state index contributed by atoms with van der Waals surface area (Å²) in [4.78, 5) is 11.6. The van der Waals surface area contributed by atoms with Crippen LogP contribution in [0.25, 0.3) is 0 Å². The van der Waals surface area contributed by atoms with Crippen molar-refractivity contribution in [1.29, 1.82) is 0 Å². The van der Waals surface area contributed by atoms with E-state index in [0.717, 1.165) is 69.3 Å². The molecule has 1 fully saturated rings. The molecule has 0 radical (unpaired) electrons. The van der Waals surface area contributed by atoms with Gasteiger partial charge in [-0.2, -0.15) is 18.2 Å². The van der Waals surface area contributed by atoms with Gasteiger partial charge in [0.15, 0.2) is 0 Å². The van der Waals surface area contributed by atoms with Crippen LogP contribution in [0.4, 0.5) is 36.3 Å². The van der Waals surface area contributed by atoms with Crippen LogP contribution in [0.2, 0.25) is 0 Å². The first-order chi connectivity index (χ1) is 14.3. The Morgan fingerprint density at radius 1 is 1.16 bits per heavy atom. The molecule has 4 rings (SSSR count). The predicted octanol–water partition coefficient (Wildman–Crippen LogP) is 4.73. The summed E-state index contributed by atoms with van der Waals surface area (Å²) in [5, 5.41) is 6.46. The molecule has 0 amide bonds. The molecular weight excluding hydrogens is 464 g/mol. The fourth-order valence-electron chi connectivity index (χ4n) is 4.31. The molecular formula is C21H29Cl2F3N6. The Balaban J connectivity index is 0.00000181. The maximum atomic E-state index is 13.2. The summed E-state index contributed by atoms with van der Waals surface area (Å²) in [5.74, 6) is 1.24. The van der Waals surface area contributed by atoms with Gasteiger partial charge in [-0.05, 0) is 56.8 Å². The lowest BCUT2D eigenvalue weighted by atomic mass is 9.96. The Labute approximate surface area is 198 Å². The highest BCUT2D eigenvalue weighted by atomic mass is 35.5. The quantitative estimate of drug-likeness (QED) is 0.523. The van der Waals surface area contributed by atoms with Crippen molar-refractivity contribution in [3.63, 3.8) is 0 Å². The molecule has 1 saturated heterocycles. The van der Waals surface area contributed by atoms with E-state index in [2.05, 4.69) is 27.4 Å². The van der Waals surface area contributed by atoms with Gasteiger partial charge in [-0.1, -0.05) is 6.92 Å². The van der Waals surface area contributed by atoms with Crippen molar-refractivity contribution in [2.45, 2.75) is 51.2 Å².